The molecule has 0 aromatic heterocycles. The Labute approximate surface area is 143 Å². The van der Waals surface area contributed by atoms with Gasteiger partial charge in [0, 0.05) is 12.1 Å². The van der Waals surface area contributed by atoms with Crippen molar-refractivity contribution in [2.45, 2.75) is 71.9 Å². The fourth-order valence-electron chi connectivity index (χ4n) is 2.84. The second-order valence-corrected chi connectivity index (χ2v) is 6.44. The third-order valence-corrected chi connectivity index (χ3v) is 4.74. The van der Waals surface area contributed by atoms with Crippen LogP contribution in [0.1, 0.15) is 65.4 Å². The molecule has 0 saturated carbocycles. The summed E-state index contributed by atoms with van der Waals surface area (Å²) >= 11 is 0. The van der Waals surface area contributed by atoms with Crippen LogP contribution in [0.4, 0.5) is 0 Å². The second-order valence-electron chi connectivity index (χ2n) is 6.44. The predicted octanol–water partition coefficient (Wildman–Crippen LogP) is 5.78. The van der Waals surface area contributed by atoms with Gasteiger partial charge >= 0.3 is 0 Å². The average molecular weight is 318 g/mol. The van der Waals surface area contributed by atoms with Gasteiger partial charge in [-0.25, -0.2) is 0 Å². The van der Waals surface area contributed by atoms with Gasteiger partial charge in [-0.3, -0.25) is 4.90 Å². The second kappa shape index (κ2) is 11.3. The van der Waals surface area contributed by atoms with E-state index in [1.165, 1.54) is 32.2 Å². The van der Waals surface area contributed by atoms with Crippen molar-refractivity contribution in [3.63, 3.8) is 0 Å². The molecule has 0 bridgehead atoms. The number of nitrogens with zero attached hydrogens (tertiary/aromatic N) is 1. The first-order chi connectivity index (χ1) is 11.1. The molecule has 0 heterocycles. The zero-order valence-electron chi connectivity index (χ0n) is 15.6. The Morgan fingerprint density at radius 3 is 2.39 bits per heavy atom. The molecule has 0 N–H and O–H groups in total. The fourth-order valence-corrected chi connectivity index (χ4v) is 2.84. The van der Waals surface area contributed by atoms with Crippen molar-refractivity contribution in [1.29, 1.82) is 0 Å². The van der Waals surface area contributed by atoms with E-state index in [1.807, 2.05) is 30.3 Å². The number of benzene rings is 1. The quantitative estimate of drug-likeness (QED) is 0.453. The molecule has 130 valence electrons. The largest absolute Gasteiger partial charge is 0.494 e. The van der Waals surface area contributed by atoms with Crippen LogP contribution in [0.25, 0.3) is 6.08 Å². The average Bonchev–Trinajstić information content (AvgIpc) is 2.60. The molecule has 0 saturated heterocycles. The van der Waals surface area contributed by atoms with Gasteiger partial charge in [0.25, 0.3) is 0 Å². The van der Waals surface area contributed by atoms with Gasteiger partial charge in [-0.2, -0.15) is 0 Å². The zero-order chi connectivity index (χ0) is 17.1. The van der Waals surface area contributed by atoms with Crippen LogP contribution in [0.5, 0.6) is 5.75 Å². The maximum absolute atomic E-state index is 5.83. The molecule has 2 unspecified atom stereocenters. The lowest BCUT2D eigenvalue weighted by Gasteiger charge is -2.33. The van der Waals surface area contributed by atoms with E-state index in [9.17, 15) is 0 Å². The van der Waals surface area contributed by atoms with Crippen molar-refractivity contribution < 1.29 is 4.74 Å². The molecule has 0 aliphatic heterocycles. The number of unbranched alkanes of at least 4 members (excludes halogenated alkanes) is 2. The highest BCUT2D eigenvalue weighted by Gasteiger charge is 2.16. The van der Waals surface area contributed by atoms with Crippen molar-refractivity contribution in [2.75, 3.05) is 13.2 Å². The van der Waals surface area contributed by atoms with E-state index in [1.54, 1.807) is 0 Å². The number of ether oxygens (including phenoxy) is 1. The summed E-state index contributed by atoms with van der Waals surface area (Å²) in [5.74, 6) is 0.947. The van der Waals surface area contributed by atoms with E-state index in [2.05, 4.69) is 39.2 Å². The van der Waals surface area contributed by atoms with Crippen LogP contribution >= 0.6 is 0 Å². The topological polar surface area (TPSA) is 12.5 Å². The molecule has 0 spiro atoms. The van der Waals surface area contributed by atoms with Gasteiger partial charge in [-0.1, -0.05) is 38.6 Å². The smallest absolute Gasteiger partial charge is 0.119 e. The molecular formula is C21H35NO. The molecule has 0 amide bonds. The Bertz CT molecular complexity index is 433. The monoisotopic (exact) mass is 317 g/mol. The van der Waals surface area contributed by atoms with Crippen LogP contribution in [0.2, 0.25) is 0 Å². The minimum atomic E-state index is 0.683. The van der Waals surface area contributed by atoms with Crippen molar-refractivity contribution in [2.24, 2.45) is 0 Å². The van der Waals surface area contributed by atoms with Crippen molar-refractivity contribution in [3.05, 3.63) is 36.4 Å². The first-order valence-corrected chi connectivity index (χ1v) is 9.23. The summed E-state index contributed by atoms with van der Waals surface area (Å²) in [7, 11) is 0. The zero-order valence-corrected chi connectivity index (χ0v) is 15.6. The lowest BCUT2D eigenvalue weighted by atomic mass is 10.1. The summed E-state index contributed by atoms with van der Waals surface area (Å²) < 4.78 is 5.83. The van der Waals surface area contributed by atoms with Crippen LogP contribution in [-0.4, -0.2) is 30.1 Å². The minimum absolute atomic E-state index is 0.683. The van der Waals surface area contributed by atoms with Gasteiger partial charge < -0.3 is 4.74 Å². The van der Waals surface area contributed by atoms with Gasteiger partial charge in [0.1, 0.15) is 5.75 Å². The maximum atomic E-state index is 5.83. The normalized spacial score (nSPS) is 13.8. The minimum Gasteiger partial charge on any atom is -0.494 e. The van der Waals surface area contributed by atoms with E-state index >= 15 is 0 Å². The molecule has 2 nitrogen and oxygen atoms in total. The molecule has 1 aromatic carbocycles. The Balaban J connectivity index is 2.24. The molecule has 1 rings (SSSR count). The molecular weight excluding hydrogens is 282 g/mol. The first-order valence-electron chi connectivity index (χ1n) is 9.23. The van der Waals surface area contributed by atoms with E-state index in [-0.39, 0.29) is 0 Å². The lowest BCUT2D eigenvalue weighted by molar-refractivity contribution is 0.142. The van der Waals surface area contributed by atoms with Crippen LogP contribution < -0.4 is 4.74 Å². The highest BCUT2D eigenvalue weighted by Crippen LogP contribution is 2.16. The fraction of sp³-hybridized carbons (Fsp3) is 0.619. The summed E-state index contributed by atoms with van der Waals surface area (Å²) in [5.41, 5.74) is 1.11. The predicted molar refractivity (Wildman–Crippen MR) is 102 cm³/mol. The summed E-state index contributed by atoms with van der Waals surface area (Å²) in [6.07, 6.45) is 7.91. The van der Waals surface area contributed by atoms with E-state index in [0.29, 0.717) is 12.1 Å². The molecule has 2 heteroatoms. The molecule has 1 aromatic rings. The summed E-state index contributed by atoms with van der Waals surface area (Å²) in [6, 6.07) is 9.48. The van der Waals surface area contributed by atoms with Crippen molar-refractivity contribution >= 4 is 6.08 Å². The van der Waals surface area contributed by atoms with Gasteiger partial charge in [0.15, 0.2) is 0 Å². The Hall–Kier alpha value is -1.28. The Morgan fingerprint density at radius 2 is 1.78 bits per heavy atom. The first kappa shape index (κ1) is 19.8. The van der Waals surface area contributed by atoms with Crippen LogP contribution in [0.3, 0.4) is 0 Å². The summed E-state index contributed by atoms with van der Waals surface area (Å²) in [5, 5.41) is 0. The Kier molecular flexibility index (Phi) is 9.70. The van der Waals surface area contributed by atoms with Crippen LogP contribution in [0, 0.1) is 0 Å². The molecule has 23 heavy (non-hydrogen) atoms. The van der Waals surface area contributed by atoms with Gasteiger partial charge in [0.05, 0.1) is 6.61 Å². The summed E-state index contributed by atoms with van der Waals surface area (Å²) in [4.78, 5) is 2.66. The standard InChI is InChI=1S/C21H35NO/c1-6-18(4)22(19(5)7-2)15-10-9-11-16-23-21-14-12-13-20(8-3)17-21/h8,12-14,17-19H,3,6-7,9-11,15-16H2,1-2,4-5H3. The van der Waals surface area contributed by atoms with E-state index in [4.69, 9.17) is 4.74 Å². The highest BCUT2D eigenvalue weighted by molar-refractivity contribution is 5.49. The molecule has 0 aliphatic carbocycles. The maximum Gasteiger partial charge on any atom is 0.119 e. The highest BCUT2D eigenvalue weighted by atomic mass is 16.5. The van der Waals surface area contributed by atoms with Gasteiger partial charge in [0.2, 0.25) is 0 Å². The van der Waals surface area contributed by atoms with Crippen LogP contribution in [-0.2, 0) is 0 Å². The molecule has 0 aliphatic rings. The molecule has 0 radical (unpaired) electrons. The number of hydrogen-bond donors (Lipinski definition) is 0. The summed E-state index contributed by atoms with van der Waals surface area (Å²) in [6.45, 7) is 15.1. The lowest BCUT2D eigenvalue weighted by Crippen LogP contribution is -2.40. The molecule has 2 atom stereocenters. The third kappa shape index (κ3) is 7.22. The van der Waals surface area contributed by atoms with E-state index < -0.39 is 0 Å². The van der Waals surface area contributed by atoms with Crippen molar-refractivity contribution in [3.8, 4) is 5.75 Å². The van der Waals surface area contributed by atoms with Gasteiger partial charge in [-0.05, 0) is 70.2 Å². The third-order valence-electron chi connectivity index (χ3n) is 4.74. The molecule has 0 fully saturated rings. The van der Waals surface area contributed by atoms with Gasteiger partial charge in [-0.15, -0.1) is 0 Å². The van der Waals surface area contributed by atoms with E-state index in [0.717, 1.165) is 24.3 Å². The number of rotatable bonds is 12. The Morgan fingerprint density at radius 1 is 1.09 bits per heavy atom. The van der Waals surface area contributed by atoms with Crippen LogP contribution in [0.15, 0.2) is 30.8 Å². The SMILES string of the molecule is C=Cc1cccc(OCCCCCN(C(C)CC)C(C)CC)c1. The van der Waals surface area contributed by atoms with Crippen molar-refractivity contribution in [1.82, 2.24) is 4.90 Å². The number of hydrogen-bond acceptors (Lipinski definition) is 2.